The molecule has 2 nitrogen and oxygen atoms in total. The third-order valence-electron chi connectivity index (χ3n) is 4.55. The highest BCUT2D eigenvalue weighted by Crippen LogP contribution is 2.22. The predicted octanol–water partition coefficient (Wildman–Crippen LogP) is 3.03. The molecule has 0 amide bonds. The van der Waals surface area contributed by atoms with E-state index >= 15 is 0 Å². The van der Waals surface area contributed by atoms with Crippen LogP contribution in [-0.2, 0) is 6.54 Å². The third kappa shape index (κ3) is 3.18. The molecule has 2 aliphatic heterocycles. The Labute approximate surface area is 119 Å². The topological polar surface area (TPSA) is 6.48 Å². The second kappa shape index (κ2) is 6.19. The van der Waals surface area contributed by atoms with Crippen molar-refractivity contribution < 1.29 is 8.78 Å². The molecule has 2 aliphatic rings. The first kappa shape index (κ1) is 14.0. The standard InChI is InChI=1S/C16H22F2N2/c17-14-6-5-13(16(18)10-14)11-19-7-3-9-20-8-2-1-4-15(20)12-19/h5-6,10,15H,1-4,7-9,11-12H2. The second-order valence-electron chi connectivity index (χ2n) is 6.01. The number of nitrogens with zero attached hydrogens (tertiary/aromatic N) is 2. The van der Waals surface area contributed by atoms with Crippen LogP contribution in [0.15, 0.2) is 18.2 Å². The van der Waals surface area contributed by atoms with Crippen molar-refractivity contribution >= 4 is 0 Å². The van der Waals surface area contributed by atoms with Crippen molar-refractivity contribution in [1.29, 1.82) is 0 Å². The zero-order chi connectivity index (χ0) is 13.9. The lowest BCUT2D eigenvalue weighted by atomic mass is 10.0. The zero-order valence-electron chi connectivity index (χ0n) is 11.8. The molecule has 110 valence electrons. The molecular weight excluding hydrogens is 258 g/mol. The molecule has 0 aromatic heterocycles. The molecule has 0 saturated carbocycles. The number of halogens is 2. The van der Waals surface area contributed by atoms with Crippen molar-refractivity contribution in [2.45, 2.75) is 38.3 Å². The first-order valence-electron chi connectivity index (χ1n) is 7.63. The van der Waals surface area contributed by atoms with Crippen molar-refractivity contribution in [1.82, 2.24) is 9.80 Å². The van der Waals surface area contributed by atoms with Gasteiger partial charge in [0.25, 0.3) is 0 Å². The van der Waals surface area contributed by atoms with Gasteiger partial charge in [-0.2, -0.15) is 0 Å². The molecule has 3 rings (SSSR count). The minimum Gasteiger partial charge on any atom is -0.299 e. The van der Waals surface area contributed by atoms with Crippen molar-refractivity contribution in [2.75, 3.05) is 26.2 Å². The van der Waals surface area contributed by atoms with E-state index in [2.05, 4.69) is 9.80 Å². The van der Waals surface area contributed by atoms with E-state index in [0.717, 1.165) is 32.1 Å². The highest BCUT2D eigenvalue weighted by molar-refractivity contribution is 5.18. The maximum atomic E-state index is 13.8. The van der Waals surface area contributed by atoms with E-state index < -0.39 is 11.6 Å². The molecule has 1 aromatic carbocycles. The summed E-state index contributed by atoms with van der Waals surface area (Å²) in [5.74, 6) is -0.921. The van der Waals surface area contributed by atoms with Crippen LogP contribution in [0.1, 0.15) is 31.2 Å². The quantitative estimate of drug-likeness (QED) is 0.821. The molecule has 0 radical (unpaired) electrons. The number of hydrogen-bond acceptors (Lipinski definition) is 2. The molecular formula is C16H22F2N2. The molecule has 0 N–H and O–H groups in total. The van der Waals surface area contributed by atoms with Gasteiger partial charge in [0, 0.05) is 30.8 Å². The van der Waals surface area contributed by atoms with Crippen molar-refractivity contribution in [3.8, 4) is 0 Å². The summed E-state index contributed by atoms with van der Waals surface area (Å²) in [5, 5.41) is 0. The van der Waals surface area contributed by atoms with Gasteiger partial charge in [0.15, 0.2) is 0 Å². The van der Waals surface area contributed by atoms with Gasteiger partial charge in [0.05, 0.1) is 0 Å². The lowest BCUT2D eigenvalue weighted by Crippen LogP contribution is -2.43. The molecule has 0 spiro atoms. The van der Waals surface area contributed by atoms with Gasteiger partial charge < -0.3 is 0 Å². The fourth-order valence-electron chi connectivity index (χ4n) is 3.48. The van der Waals surface area contributed by atoms with Crippen LogP contribution in [0.25, 0.3) is 0 Å². The molecule has 2 saturated heterocycles. The summed E-state index contributed by atoms with van der Waals surface area (Å²) in [7, 11) is 0. The number of hydrogen-bond donors (Lipinski definition) is 0. The predicted molar refractivity (Wildman–Crippen MR) is 75.5 cm³/mol. The number of fused-ring (bicyclic) bond motifs is 1. The van der Waals surface area contributed by atoms with E-state index in [4.69, 9.17) is 0 Å². The van der Waals surface area contributed by atoms with Crippen molar-refractivity contribution in [2.24, 2.45) is 0 Å². The number of rotatable bonds is 2. The molecule has 1 atom stereocenters. The van der Waals surface area contributed by atoms with E-state index in [1.807, 2.05) is 0 Å². The van der Waals surface area contributed by atoms with Crippen LogP contribution in [-0.4, -0.2) is 42.0 Å². The Morgan fingerprint density at radius 3 is 2.75 bits per heavy atom. The summed E-state index contributed by atoms with van der Waals surface area (Å²) in [6.07, 6.45) is 5.00. The van der Waals surface area contributed by atoms with E-state index in [-0.39, 0.29) is 0 Å². The Morgan fingerprint density at radius 2 is 1.90 bits per heavy atom. The Balaban J connectivity index is 1.67. The highest BCUT2D eigenvalue weighted by atomic mass is 19.1. The molecule has 1 aromatic rings. The average molecular weight is 280 g/mol. The van der Waals surface area contributed by atoms with Gasteiger partial charge in [-0.05, 0) is 45.0 Å². The first-order chi connectivity index (χ1) is 9.72. The fraction of sp³-hybridized carbons (Fsp3) is 0.625. The number of benzene rings is 1. The van der Waals surface area contributed by atoms with Crippen LogP contribution in [0.4, 0.5) is 8.78 Å². The lowest BCUT2D eigenvalue weighted by molar-refractivity contribution is 0.134. The number of piperidine rings is 1. The van der Waals surface area contributed by atoms with Crippen LogP contribution in [0, 0.1) is 11.6 Å². The summed E-state index contributed by atoms with van der Waals surface area (Å²) < 4.78 is 26.7. The van der Waals surface area contributed by atoms with E-state index in [0.29, 0.717) is 18.2 Å². The maximum absolute atomic E-state index is 13.8. The van der Waals surface area contributed by atoms with Crippen molar-refractivity contribution in [3.63, 3.8) is 0 Å². The van der Waals surface area contributed by atoms with E-state index in [1.165, 1.54) is 31.9 Å². The van der Waals surface area contributed by atoms with Crippen LogP contribution >= 0.6 is 0 Å². The zero-order valence-corrected chi connectivity index (χ0v) is 11.8. The van der Waals surface area contributed by atoms with Crippen LogP contribution in [0.3, 0.4) is 0 Å². The summed E-state index contributed by atoms with van der Waals surface area (Å²) in [6.45, 7) is 4.98. The van der Waals surface area contributed by atoms with Gasteiger partial charge in [-0.1, -0.05) is 12.5 Å². The SMILES string of the molecule is Fc1ccc(CN2CCCN3CCCCC3C2)c(F)c1. The molecule has 2 fully saturated rings. The highest BCUT2D eigenvalue weighted by Gasteiger charge is 2.27. The van der Waals surface area contributed by atoms with E-state index in [9.17, 15) is 8.78 Å². The fourth-order valence-corrected chi connectivity index (χ4v) is 3.48. The third-order valence-corrected chi connectivity index (χ3v) is 4.55. The van der Waals surface area contributed by atoms with Gasteiger partial charge in [0.2, 0.25) is 0 Å². The summed E-state index contributed by atoms with van der Waals surface area (Å²) in [6, 6.07) is 4.53. The largest absolute Gasteiger partial charge is 0.299 e. The summed E-state index contributed by atoms with van der Waals surface area (Å²) in [5.41, 5.74) is 0.607. The molecule has 4 heteroatoms. The van der Waals surface area contributed by atoms with Crippen LogP contribution < -0.4 is 0 Å². The summed E-state index contributed by atoms with van der Waals surface area (Å²) >= 11 is 0. The molecule has 1 unspecified atom stereocenters. The smallest absolute Gasteiger partial charge is 0.130 e. The van der Waals surface area contributed by atoms with Gasteiger partial charge in [-0.25, -0.2) is 8.78 Å². The lowest BCUT2D eigenvalue weighted by Gasteiger charge is -2.35. The van der Waals surface area contributed by atoms with Gasteiger partial charge in [-0.3, -0.25) is 9.80 Å². The van der Waals surface area contributed by atoms with Gasteiger partial charge in [-0.15, -0.1) is 0 Å². The molecule has 0 aliphatic carbocycles. The molecule has 2 heterocycles. The maximum Gasteiger partial charge on any atom is 0.130 e. The van der Waals surface area contributed by atoms with E-state index in [1.54, 1.807) is 6.07 Å². The first-order valence-corrected chi connectivity index (χ1v) is 7.63. The second-order valence-corrected chi connectivity index (χ2v) is 6.01. The molecule has 0 bridgehead atoms. The Bertz CT molecular complexity index is 464. The average Bonchev–Trinajstić information content (AvgIpc) is 2.63. The minimum absolute atomic E-state index is 0.422. The van der Waals surface area contributed by atoms with Crippen LogP contribution in [0.5, 0.6) is 0 Å². The molecule has 20 heavy (non-hydrogen) atoms. The van der Waals surface area contributed by atoms with Gasteiger partial charge in [0.1, 0.15) is 11.6 Å². The summed E-state index contributed by atoms with van der Waals surface area (Å²) in [4.78, 5) is 4.91. The van der Waals surface area contributed by atoms with Gasteiger partial charge >= 0.3 is 0 Å². The monoisotopic (exact) mass is 280 g/mol. The van der Waals surface area contributed by atoms with Crippen molar-refractivity contribution in [3.05, 3.63) is 35.4 Å². The van der Waals surface area contributed by atoms with Crippen LogP contribution in [0.2, 0.25) is 0 Å². The normalized spacial score (nSPS) is 25.2. The Kier molecular flexibility index (Phi) is 4.32. The Morgan fingerprint density at radius 1 is 1.05 bits per heavy atom. The minimum atomic E-state index is -0.499. The Hall–Kier alpha value is -1.00.